The molecule has 116 valence electrons. The van der Waals surface area contributed by atoms with E-state index in [1.807, 2.05) is 25.1 Å². The minimum absolute atomic E-state index is 0.672. The fraction of sp³-hybridized carbons (Fsp3) is 0.375. The molecule has 1 aliphatic heterocycles. The van der Waals surface area contributed by atoms with Gasteiger partial charge < -0.3 is 15.4 Å². The van der Waals surface area contributed by atoms with E-state index in [1.54, 1.807) is 11.8 Å². The summed E-state index contributed by atoms with van der Waals surface area (Å²) in [6, 6.07) is 10.3. The highest BCUT2D eigenvalue weighted by atomic mass is 32.2. The smallest absolute Gasteiger partial charge is 0.190 e. The molecule has 22 heavy (non-hydrogen) atoms. The summed E-state index contributed by atoms with van der Waals surface area (Å²) in [4.78, 5) is 11.4. The Morgan fingerprint density at radius 1 is 1.18 bits per heavy atom. The van der Waals surface area contributed by atoms with Crippen LogP contribution in [0.15, 0.2) is 35.5 Å². The third-order valence-corrected chi connectivity index (χ3v) is 4.54. The van der Waals surface area contributed by atoms with Gasteiger partial charge in [0, 0.05) is 18.8 Å². The van der Waals surface area contributed by atoms with Crippen LogP contribution in [0, 0.1) is 6.92 Å². The Kier molecular flexibility index (Phi) is 4.80. The van der Waals surface area contributed by atoms with E-state index in [0.717, 1.165) is 48.7 Å². The van der Waals surface area contributed by atoms with Crippen molar-refractivity contribution >= 4 is 23.3 Å². The maximum Gasteiger partial charge on any atom is 0.190 e. The predicted octanol–water partition coefficient (Wildman–Crippen LogP) is 2.50. The monoisotopic (exact) mass is 316 g/mol. The van der Waals surface area contributed by atoms with Crippen molar-refractivity contribution in [2.24, 2.45) is 0 Å². The molecule has 1 fully saturated rings. The van der Waals surface area contributed by atoms with Gasteiger partial charge in [0.15, 0.2) is 11.0 Å². The SMILES string of the molecule is Cc1nc(SCc2ccccc2)nc(N2CCOCC2)c1N. The molecule has 2 aromatic rings. The van der Waals surface area contributed by atoms with Gasteiger partial charge in [-0.3, -0.25) is 0 Å². The summed E-state index contributed by atoms with van der Waals surface area (Å²) in [5.41, 5.74) is 8.95. The molecule has 2 heterocycles. The molecule has 1 aromatic heterocycles. The molecule has 0 spiro atoms. The van der Waals surface area contributed by atoms with Gasteiger partial charge in [-0.05, 0) is 12.5 Å². The molecule has 0 aliphatic carbocycles. The van der Waals surface area contributed by atoms with E-state index in [1.165, 1.54) is 5.56 Å². The van der Waals surface area contributed by atoms with Crippen molar-refractivity contribution < 1.29 is 4.74 Å². The van der Waals surface area contributed by atoms with Crippen molar-refractivity contribution in [3.05, 3.63) is 41.6 Å². The third kappa shape index (κ3) is 3.51. The molecule has 0 amide bonds. The van der Waals surface area contributed by atoms with Crippen LogP contribution in [0.3, 0.4) is 0 Å². The van der Waals surface area contributed by atoms with E-state index in [2.05, 4.69) is 27.0 Å². The first-order valence-corrected chi connectivity index (χ1v) is 8.36. The lowest BCUT2D eigenvalue weighted by Crippen LogP contribution is -2.37. The molecule has 5 nitrogen and oxygen atoms in total. The fourth-order valence-electron chi connectivity index (χ4n) is 2.34. The number of aromatic nitrogens is 2. The fourth-order valence-corrected chi connectivity index (χ4v) is 3.18. The largest absolute Gasteiger partial charge is 0.394 e. The van der Waals surface area contributed by atoms with Crippen LogP contribution in [-0.2, 0) is 10.5 Å². The number of rotatable bonds is 4. The van der Waals surface area contributed by atoms with Crippen molar-refractivity contribution in [2.75, 3.05) is 36.9 Å². The minimum Gasteiger partial charge on any atom is -0.394 e. The van der Waals surface area contributed by atoms with Gasteiger partial charge in [-0.1, -0.05) is 42.1 Å². The number of nitrogens with zero attached hydrogens (tertiary/aromatic N) is 3. The van der Waals surface area contributed by atoms with Gasteiger partial charge in [0.1, 0.15) is 0 Å². The Morgan fingerprint density at radius 3 is 2.64 bits per heavy atom. The van der Waals surface area contributed by atoms with Crippen LogP contribution in [0.5, 0.6) is 0 Å². The Bertz CT molecular complexity index is 630. The van der Waals surface area contributed by atoms with Crippen LogP contribution in [0.25, 0.3) is 0 Å². The molecule has 1 aliphatic rings. The zero-order chi connectivity index (χ0) is 15.4. The molecule has 0 radical (unpaired) electrons. The summed E-state index contributed by atoms with van der Waals surface area (Å²) in [6.45, 7) is 5.02. The summed E-state index contributed by atoms with van der Waals surface area (Å²) in [5, 5.41) is 0.775. The lowest BCUT2D eigenvalue weighted by molar-refractivity contribution is 0.122. The predicted molar refractivity (Wildman–Crippen MR) is 90.2 cm³/mol. The molecule has 1 saturated heterocycles. The first-order chi connectivity index (χ1) is 10.7. The van der Waals surface area contributed by atoms with Crippen LogP contribution in [0.4, 0.5) is 11.5 Å². The summed E-state index contributed by atoms with van der Waals surface area (Å²) in [5.74, 6) is 1.69. The van der Waals surface area contributed by atoms with Gasteiger partial charge >= 0.3 is 0 Å². The van der Waals surface area contributed by atoms with Crippen molar-refractivity contribution in [3.63, 3.8) is 0 Å². The van der Waals surface area contributed by atoms with Gasteiger partial charge in [-0.25, -0.2) is 9.97 Å². The molecule has 2 N–H and O–H groups in total. The van der Waals surface area contributed by atoms with E-state index in [4.69, 9.17) is 10.5 Å². The molecular weight excluding hydrogens is 296 g/mol. The lowest BCUT2D eigenvalue weighted by Gasteiger charge is -2.29. The van der Waals surface area contributed by atoms with E-state index in [0.29, 0.717) is 5.69 Å². The van der Waals surface area contributed by atoms with Gasteiger partial charge in [-0.2, -0.15) is 0 Å². The number of hydrogen-bond donors (Lipinski definition) is 1. The summed E-state index contributed by atoms with van der Waals surface area (Å²) in [7, 11) is 0. The Balaban J connectivity index is 1.78. The topological polar surface area (TPSA) is 64.3 Å². The van der Waals surface area contributed by atoms with E-state index >= 15 is 0 Å². The van der Waals surface area contributed by atoms with Crippen molar-refractivity contribution in [3.8, 4) is 0 Å². The summed E-state index contributed by atoms with van der Waals surface area (Å²) >= 11 is 1.64. The Morgan fingerprint density at radius 2 is 1.91 bits per heavy atom. The zero-order valence-electron chi connectivity index (χ0n) is 12.7. The average molecular weight is 316 g/mol. The molecule has 0 unspecified atom stereocenters. The number of benzene rings is 1. The van der Waals surface area contributed by atoms with Crippen molar-refractivity contribution in [2.45, 2.75) is 17.8 Å². The van der Waals surface area contributed by atoms with Gasteiger partial charge in [0.25, 0.3) is 0 Å². The van der Waals surface area contributed by atoms with Crippen LogP contribution in [0.2, 0.25) is 0 Å². The van der Waals surface area contributed by atoms with E-state index in [9.17, 15) is 0 Å². The van der Waals surface area contributed by atoms with Gasteiger partial charge in [0.2, 0.25) is 0 Å². The molecule has 0 atom stereocenters. The number of aryl methyl sites for hydroxylation is 1. The van der Waals surface area contributed by atoms with Gasteiger partial charge in [0.05, 0.1) is 24.6 Å². The van der Waals surface area contributed by atoms with Crippen molar-refractivity contribution in [1.82, 2.24) is 9.97 Å². The number of morpholine rings is 1. The molecule has 6 heteroatoms. The third-order valence-electron chi connectivity index (χ3n) is 3.62. The minimum atomic E-state index is 0.672. The molecule has 1 aromatic carbocycles. The number of nitrogen functional groups attached to an aromatic ring is 1. The number of nitrogens with two attached hydrogens (primary N) is 1. The molecule has 0 bridgehead atoms. The van der Waals surface area contributed by atoms with Crippen LogP contribution < -0.4 is 10.6 Å². The van der Waals surface area contributed by atoms with E-state index < -0.39 is 0 Å². The molecule has 0 saturated carbocycles. The summed E-state index contributed by atoms with van der Waals surface area (Å²) < 4.78 is 5.40. The van der Waals surface area contributed by atoms with Crippen LogP contribution in [-0.4, -0.2) is 36.3 Å². The standard InChI is InChI=1S/C16H20N4OS/c1-12-14(17)15(20-7-9-21-10-8-20)19-16(18-12)22-11-13-5-3-2-4-6-13/h2-6H,7-11,17H2,1H3. The summed E-state index contributed by atoms with van der Waals surface area (Å²) in [6.07, 6.45) is 0. The van der Waals surface area contributed by atoms with Gasteiger partial charge in [-0.15, -0.1) is 0 Å². The maximum absolute atomic E-state index is 6.17. The molecular formula is C16H20N4OS. The van der Waals surface area contributed by atoms with Crippen LogP contribution in [0.1, 0.15) is 11.3 Å². The van der Waals surface area contributed by atoms with Crippen molar-refractivity contribution in [1.29, 1.82) is 0 Å². The second-order valence-electron chi connectivity index (χ2n) is 5.20. The Labute approximate surface area is 134 Å². The Hall–Kier alpha value is -1.79. The number of thioether (sulfide) groups is 1. The quantitative estimate of drug-likeness (QED) is 0.690. The average Bonchev–Trinajstić information content (AvgIpc) is 2.57. The zero-order valence-corrected chi connectivity index (χ0v) is 13.5. The maximum atomic E-state index is 6.17. The lowest BCUT2D eigenvalue weighted by atomic mass is 10.2. The highest BCUT2D eigenvalue weighted by molar-refractivity contribution is 7.98. The highest BCUT2D eigenvalue weighted by Crippen LogP contribution is 2.28. The molecule has 3 rings (SSSR count). The van der Waals surface area contributed by atoms with E-state index in [-0.39, 0.29) is 0 Å². The normalized spacial score (nSPS) is 15.0. The number of ether oxygens (including phenoxy) is 1. The second-order valence-corrected chi connectivity index (χ2v) is 6.15. The van der Waals surface area contributed by atoms with Crippen LogP contribution >= 0.6 is 11.8 Å². The highest BCUT2D eigenvalue weighted by Gasteiger charge is 2.18. The number of anilines is 2. The first kappa shape index (κ1) is 15.1. The second kappa shape index (κ2) is 6.98. The number of hydrogen-bond acceptors (Lipinski definition) is 6. The first-order valence-electron chi connectivity index (χ1n) is 7.37.